The van der Waals surface area contributed by atoms with Crippen LogP contribution in [-0.2, 0) is 0 Å². The summed E-state index contributed by atoms with van der Waals surface area (Å²) in [4.78, 5) is 12.2. The van der Waals surface area contributed by atoms with E-state index in [1.54, 1.807) is 12.1 Å². The molecule has 0 unspecified atom stereocenters. The maximum atomic E-state index is 12.0. The average molecular weight is 324 g/mol. The highest BCUT2D eigenvalue weighted by molar-refractivity contribution is 7.09. The summed E-state index contributed by atoms with van der Waals surface area (Å²) >= 11 is 12.5. The Bertz CT molecular complexity index is 801. The van der Waals surface area contributed by atoms with Crippen molar-refractivity contribution < 1.29 is 9.53 Å². The summed E-state index contributed by atoms with van der Waals surface area (Å²) in [6.45, 7) is 0. The quantitative estimate of drug-likeness (QED) is 0.501. The van der Waals surface area contributed by atoms with E-state index >= 15 is 0 Å². The number of esters is 1. The highest BCUT2D eigenvalue weighted by Gasteiger charge is 2.19. The molecule has 0 spiro atoms. The molecule has 3 aromatic rings. The number of hydrogen-bond acceptors (Lipinski definition) is 4. The molecular formula is C14H7Cl2NO2S. The van der Waals surface area contributed by atoms with Gasteiger partial charge in [0.05, 0.1) is 0 Å². The highest BCUT2D eigenvalue weighted by atomic mass is 35.5. The lowest BCUT2D eigenvalue weighted by atomic mass is 10.1. The molecule has 2 aromatic carbocycles. The largest absolute Gasteiger partial charge is 0.422 e. The first-order chi connectivity index (χ1) is 9.65. The van der Waals surface area contributed by atoms with Gasteiger partial charge in [0, 0.05) is 0 Å². The Kier molecular flexibility index (Phi) is 3.61. The zero-order valence-corrected chi connectivity index (χ0v) is 12.3. The van der Waals surface area contributed by atoms with Crippen LogP contribution in [0.25, 0.3) is 10.8 Å². The van der Waals surface area contributed by atoms with Crippen molar-refractivity contribution in [3.63, 3.8) is 0 Å². The van der Waals surface area contributed by atoms with Crippen molar-refractivity contribution in [2.24, 2.45) is 0 Å². The second kappa shape index (κ2) is 5.40. The van der Waals surface area contributed by atoms with Gasteiger partial charge in [0.15, 0.2) is 10.0 Å². The second-order valence-corrected chi connectivity index (χ2v) is 5.52. The molecule has 20 heavy (non-hydrogen) atoms. The minimum Gasteiger partial charge on any atom is -0.422 e. The molecule has 6 heteroatoms. The molecule has 0 aliphatic rings. The maximum Gasteiger partial charge on any atom is 0.356 e. The van der Waals surface area contributed by atoms with Crippen LogP contribution in [0.1, 0.15) is 9.67 Å². The van der Waals surface area contributed by atoms with Crippen molar-refractivity contribution in [1.82, 2.24) is 4.37 Å². The van der Waals surface area contributed by atoms with E-state index in [9.17, 15) is 4.79 Å². The van der Waals surface area contributed by atoms with Gasteiger partial charge in [-0.2, -0.15) is 4.37 Å². The van der Waals surface area contributed by atoms with Crippen molar-refractivity contribution in [3.05, 3.63) is 57.5 Å². The lowest BCUT2D eigenvalue weighted by Gasteiger charge is -2.04. The van der Waals surface area contributed by atoms with Crippen LogP contribution < -0.4 is 4.74 Å². The fraction of sp³-hybridized carbons (Fsp3) is 0. The van der Waals surface area contributed by atoms with E-state index in [2.05, 4.69) is 4.37 Å². The predicted molar refractivity (Wildman–Crippen MR) is 81.0 cm³/mol. The van der Waals surface area contributed by atoms with Crippen LogP contribution in [0, 0.1) is 0 Å². The number of aromatic nitrogens is 1. The normalized spacial score (nSPS) is 10.7. The molecule has 3 nitrogen and oxygen atoms in total. The Morgan fingerprint density at radius 2 is 1.85 bits per heavy atom. The number of nitrogens with zero attached hydrogens (tertiary/aromatic N) is 1. The van der Waals surface area contributed by atoms with E-state index in [1.807, 2.05) is 30.3 Å². The molecule has 0 aliphatic carbocycles. The van der Waals surface area contributed by atoms with E-state index in [0.29, 0.717) is 5.75 Å². The molecular weight excluding hydrogens is 317 g/mol. The Balaban J connectivity index is 1.89. The Labute approximate surface area is 128 Å². The van der Waals surface area contributed by atoms with Gasteiger partial charge < -0.3 is 4.74 Å². The summed E-state index contributed by atoms with van der Waals surface area (Å²) in [5.41, 5.74) is 0. The average Bonchev–Trinajstić information content (AvgIpc) is 2.79. The number of ether oxygens (including phenoxy) is 1. The molecule has 0 fully saturated rings. The van der Waals surface area contributed by atoms with Crippen LogP contribution in [0.3, 0.4) is 0 Å². The monoisotopic (exact) mass is 323 g/mol. The summed E-state index contributed by atoms with van der Waals surface area (Å²) in [5, 5.41) is 2.31. The third-order valence-corrected chi connectivity index (χ3v) is 4.49. The van der Waals surface area contributed by atoms with Gasteiger partial charge in [-0.05, 0) is 34.4 Å². The van der Waals surface area contributed by atoms with E-state index in [4.69, 9.17) is 27.9 Å². The Morgan fingerprint density at radius 1 is 1.10 bits per heavy atom. The van der Waals surface area contributed by atoms with Gasteiger partial charge in [-0.25, -0.2) is 4.79 Å². The number of benzene rings is 2. The molecule has 100 valence electrons. The molecule has 0 atom stereocenters. The van der Waals surface area contributed by atoms with Gasteiger partial charge >= 0.3 is 5.97 Å². The summed E-state index contributed by atoms with van der Waals surface area (Å²) in [7, 11) is 0. The summed E-state index contributed by atoms with van der Waals surface area (Å²) in [5.74, 6) is -0.107. The standard InChI is InChI=1S/C14H7Cl2NO2S/c15-11-12(20-17-13(11)16)14(18)19-10-6-5-8-3-1-2-4-9(8)7-10/h1-7H. The molecule has 3 rings (SSSR count). The van der Waals surface area contributed by atoms with Gasteiger partial charge in [-0.1, -0.05) is 53.5 Å². The predicted octanol–water partition coefficient (Wildman–Crippen LogP) is 4.82. The van der Waals surface area contributed by atoms with Crippen LogP contribution in [-0.4, -0.2) is 10.3 Å². The van der Waals surface area contributed by atoms with Gasteiger partial charge in [-0.15, -0.1) is 0 Å². The van der Waals surface area contributed by atoms with E-state index in [-0.39, 0.29) is 15.1 Å². The lowest BCUT2D eigenvalue weighted by molar-refractivity contribution is 0.0740. The number of halogens is 2. The van der Waals surface area contributed by atoms with Crippen molar-refractivity contribution in [3.8, 4) is 5.75 Å². The lowest BCUT2D eigenvalue weighted by Crippen LogP contribution is -2.06. The molecule has 0 bridgehead atoms. The minimum absolute atomic E-state index is 0.113. The van der Waals surface area contributed by atoms with Crippen molar-refractivity contribution in [2.75, 3.05) is 0 Å². The number of rotatable bonds is 2. The van der Waals surface area contributed by atoms with Crippen molar-refractivity contribution in [2.45, 2.75) is 0 Å². The topological polar surface area (TPSA) is 39.2 Å². The summed E-state index contributed by atoms with van der Waals surface area (Å²) in [6, 6.07) is 13.2. The van der Waals surface area contributed by atoms with E-state index in [1.165, 1.54) is 0 Å². The zero-order chi connectivity index (χ0) is 14.1. The van der Waals surface area contributed by atoms with Crippen molar-refractivity contribution in [1.29, 1.82) is 0 Å². The number of carbonyl (C=O) groups is 1. The number of fused-ring (bicyclic) bond motifs is 1. The van der Waals surface area contributed by atoms with Gasteiger partial charge in [0.1, 0.15) is 10.8 Å². The second-order valence-electron chi connectivity index (χ2n) is 4.01. The first kappa shape index (κ1) is 13.4. The van der Waals surface area contributed by atoms with Crippen LogP contribution in [0.15, 0.2) is 42.5 Å². The van der Waals surface area contributed by atoms with Crippen LogP contribution in [0.2, 0.25) is 10.2 Å². The first-order valence-corrected chi connectivity index (χ1v) is 7.20. The third kappa shape index (κ3) is 2.50. The van der Waals surface area contributed by atoms with E-state index < -0.39 is 5.97 Å². The van der Waals surface area contributed by atoms with Crippen molar-refractivity contribution >= 4 is 51.5 Å². The first-order valence-electron chi connectivity index (χ1n) is 5.67. The van der Waals surface area contributed by atoms with Crippen LogP contribution in [0.5, 0.6) is 5.75 Å². The van der Waals surface area contributed by atoms with Crippen LogP contribution >= 0.6 is 34.7 Å². The molecule has 1 aromatic heterocycles. The number of hydrogen-bond donors (Lipinski definition) is 0. The van der Waals surface area contributed by atoms with Gasteiger partial charge in [0.2, 0.25) is 0 Å². The van der Waals surface area contributed by atoms with Gasteiger partial charge in [0.25, 0.3) is 0 Å². The molecule has 0 radical (unpaired) electrons. The fourth-order valence-electron chi connectivity index (χ4n) is 1.77. The molecule has 1 heterocycles. The van der Waals surface area contributed by atoms with Crippen LogP contribution in [0.4, 0.5) is 0 Å². The molecule has 0 aliphatic heterocycles. The highest BCUT2D eigenvalue weighted by Crippen LogP contribution is 2.30. The maximum absolute atomic E-state index is 12.0. The molecule has 0 saturated heterocycles. The third-order valence-electron chi connectivity index (χ3n) is 2.71. The molecule has 0 N–H and O–H groups in total. The fourth-order valence-corrected chi connectivity index (χ4v) is 2.85. The molecule has 0 saturated carbocycles. The summed E-state index contributed by atoms with van der Waals surface area (Å²) in [6.07, 6.45) is 0. The number of carbonyl (C=O) groups excluding carboxylic acids is 1. The van der Waals surface area contributed by atoms with Gasteiger partial charge in [-0.3, -0.25) is 0 Å². The minimum atomic E-state index is -0.560. The summed E-state index contributed by atoms with van der Waals surface area (Å²) < 4.78 is 9.09. The smallest absolute Gasteiger partial charge is 0.356 e. The Morgan fingerprint density at radius 3 is 2.55 bits per heavy atom. The zero-order valence-electron chi connectivity index (χ0n) is 9.97. The van der Waals surface area contributed by atoms with E-state index in [0.717, 1.165) is 22.3 Å². The SMILES string of the molecule is O=C(Oc1ccc2ccccc2c1)c1snc(Cl)c1Cl. The Hall–Kier alpha value is -1.62. The molecule has 0 amide bonds.